The van der Waals surface area contributed by atoms with E-state index in [9.17, 15) is 5.11 Å². The minimum Gasteiger partial charge on any atom is -0.390 e. The lowest BCUT2D eigenvalue weighted by Crippen LogP contribution is -2.49. The highest BCUT2D eigenvalue weighted by molar-refractivity contribution is 5.85. The van der Waals surface area contributed by atoms with Crippen LogP contribution in [0.25, 0.3) is 5.65 Å². The second-order valence-corrected chi connectivity index (χ2v) is 4.80. The summed E-state index contributed by atoms with van der Waals surface area (Å²) in [5, 5.41) is 12.6. The molecule has 2 aromatic rings. The summed E-state index contributed by atoms with van der Waals surface area (Å²) >= 11 is 0. The van der Waals surface area contributed by atoms with E-state index in [0.717, 1.165) is 31.1 Å². The number of rotatable bonds is 2. The molecule has 3 heterocycles. The fourth-order valence-electron chi connectivity index (χ4n) is 2.52. The first-order valence-corrected chi connectivity index (χ1v) is 6.34. The molecule has 0 bridgehead atoms. The molecule has 0 spiro atoms. The normalized spacial score (nSPS) is 18.5. The number of nitrogens with zero attached hydrogens (tertiary/aromatic N) is 3. The summed E-state index contributed by atoms with van der Waals surface area (Å²) in [4.78, 5) is 6.73. The van der Waals surface area contributed by atoms with Crippen molar-refractivity contribution in [1.29, 1.82) is 0 Å². The second kappa shape index (κ2) is 7.13. The molecule has 0 aliphatic carbocycles. The first-order chi connectivity index (χ1) is 8.78. The summed E-state index contributed by atoms with van der Waals surface area (Å²) in [5.41, 5.74) is 1.60. The molecule has 0 radical (unpaired) electrons. The molecule has 2 aromatic heterocycles. The maximum Gasteiger partial charge on any atom is 0.138 e. The van der Waals surface area contributed by atoms with Gasteiger partial charge in [0.2, 0.25) is 0 Å². The molecule has 1 aliphatic heterocycles. The zero-order chi connectivity index (χ0) is 12.5. The van der Waals surface area contributed by atoms with Crippen molar-refractivity contribution in [3.8, 4) is 0 Å². The summed E-state index contributed by atoms with van der Waals surface area (Å²) in [7, 11) is 0. The maximum atomic E-state index is 9.18. The lowest BCUT2D eigenvalue weighted by atomic mass is 10.2. The minimum absolute atomic E-state index is 0. The summed E-state index contributed by atoms with van der Waals surface area (Å²) in [5.74, 6) is 1.15. The van der Waals surface area contributed by atoms with Gasteiger partial charge in [-0.1, -0.05) is 6.07 Å². The van der Waals surface area contributed by atoms with Crippen molar-refractivity contribution in [2.24, 2.45) is 0 Å². The largest absolute Gasteiger partial charge is 0.390 e. The Balaban J connectivity index is 0.000001000. The van der Waals surface area contributed by atoms with Crippen molar-refractivity contribution in [1.82, 2.24) is 14.7 Å². The topological polar surface area (TPSA) is 52.8 Å². The molecule has 1 unspecified atom stereocenters. The first kappa shape index (κ1) is 17.0. The van der Waals surface area contributed by atoms with E-state index >= 15 is 0 Å². The molecule has 2 N–H and O–H groups in total. The first-order valence-electron chi connectivity index (χ1n) is 6.34. The number of aliphatic hydroxyl groups is 1. The van der Waals surface area contributed by atoms with Gasteiger partial charge in [0.05, 0.1) is 12.3 Å². The molecule has 112 valence electrons. The van der Waals surface area contributed by atoms with E-state index in [4.69, 9.17) is 0 Å². The summed E-state index contributed by atoms with van der Waals surface area (Å²) in [6.45, 7) is 5.17. The summed E-state index contributed by atoms with van der Waals surface area (Å²) in [6.07, 6.45) is 1.91. The monoisotopic (exact) mass is 318 g/mol. The van der Waals surface area contributed by atoms with Gasteiger partial charge < -0.3 is 15.3 Å². The molecule has 0 aromatic carbocycles. The Bertz CT molecular complexity index is 560. The van der Waals surface area contributed by atoms with Gasteiger partial charge in [-0.3, -0.25) is 4.40 Å². The second-order valence-electron chi connectivity index (χ2n) is 4.80. The van der Waals surface area contributed by atoms with E-state index in [1.165, 1.54) is 0 Å². The van der Waals surface area contributed by atoms with Crippen LogP contribution >= 0.6 is 24.8 Å². The molecule has 1 saturated heterocycles. The molecule has 7 heteroatoms. The van der Waals surface area contributed by atoms with Crippen LogP contribution in [0, 0.1) is 0 Å². The lowest BCUT2D eigenvalue weighted by Gasteiger charge is -2.33. The molecule has 5 nitrogen and oxygen atoms in total. The van der Waals surface area contributed by atoms with Crippen molar-refractivity contribution < 1.29 is 5.11 Å². The smallest absolute Gasteiger partial charge is 0.138 e. The van der Waals surface area contributed by atoms with Gasteiger partial charge in [0.15, 0.2) is 0 Å². The minimum atomic E-state index is -0.0148. The summed E-state index contributed by atoms with van der Waals surface area (Å²) in [6, 6.07) is 6.59. The number of fused-ring (bicyclic) bond motifs is 1. The quantitative estimate of drug-likeness (QED) is 0.880. The number of aromatic nitrogens is 2. The zero-order valence-corrected chi connectivity index (χ0v) is 13.0. The molecule has 3 rings (SSSR count). The Morgan fingerprint density at radius 2 is 2.20 bits per heavy atom. The molecular formula is C13H20Cl2N4O. The van der Waals surface area contributed by atoms with Crippen LogP contribution in [-0.2, 0) is 6.61 Å². The number of piperazine rings is 1. The van der Waals surface area contributed by atoms with Crippen LogP contribution in [0.4, 0.5) is 5.82 Å². The Morgan fingerprint density at radius 1 is 1.40 bits per heavy atom. The van der Waals surface area contributed by atoms with E-state index in [-0.39, 0.29) is 31.4 Å². The van der Waals surface area contributed by atoms with E-state index in [2.05, 4.69) is 32.6 Å². The predicted octanol–water partition coefficient (Wildman–Crippen LogP) is 1.47. The van der Waals surface area contributed by atoms with Crippen LogP contribution in [0.3, 0.4) is 0 Å². The fraction of sp³-hybridized carbons (Fsp3) is 0.462. The number of anilines is 1. The third-order valence-electron chi connectivity index (χ3n) is 3.38. The van der Waals surface area contributed by atoms with Crippen LogP contribution in [0.15, 0.2) is 24.4 Å². The number of imidazole rings is 1. The maximum absolute atomic E-state index is 9.18. The van der Waals surface area contributed by atoms with Gasteiger partial charge in [-0.05, 0) is 19.1 Å². The van der Waals surface area contributed by atoms with E-state index < -0.39 is 0 Å². The van der Waals surface area contributed by atoms with E-state index in [1.54, 1.807) is 0 Å². The lowest BCUT2D eigenvalue weighted by molar-refractivity contribution is 0.277. The van der Waals surface area contributed by atoms with Gasteiger partial charge in [-0.2, -0.15) is 0 Å². The number of halogens is 2. The van der Waals surface area contributed by atoms with Crippen LogP contribution in [0.2, 0.25) is 0 Å². The average molecular weight is 319 g/mol. The number of hydrogen-bond acceptors (Lipinski definition) is 4. The number of pyridine rings is 1. The molecule has 1 atom stereocenters. The standard InChI is InChI=1S/C13H18N4O.2ClH/c1-10-7-16(6-5-14-10)13-4-2-3-12-15-11(9-18)8-17(12)13;;/h2-4,8,10,14,18H,5-7,9H2,1H3;2*1H. The third-order valence-corrected chi connectivity index (χ3v) is 3.38. The molecule has 20 heavy (non-hydrogen) atoms. The Morgan fingerprint density at radius 3 is 2.90 bits per heavy atom. The molecule has 0 saturated carbocycles. The number of hydrogen-bond donors (Lipinski definition) is 2. The number of aliphatic hydroxyl groups excluding tert-OH is 1. The van der Waals surface area contributed by atoms with Crippen molar-refractivity contribution in [3.05, 3.63) is 30.1 Å². The summed E-state index contributed by atoms with van der Waals surface area (Å²) < 4.78 is 2.06. The van der Waals surface area contributed by atoms with Gasteiger partial charge >= 0.3 is 0 Å². The highest BCUT2D eigenvalue weighted by Crippen LogP contribution is 2.19. The predicted molar refractivity (Wildman–Crippen MR) is 85.3 cm³/mol. The van der Waals surface area contributed by atoms with Gasteiger partial charge in [0, 0.05) is 31.9 Å². The van der Waals surface area contributed by atoms with Crippen molar-refractivity contribution in [2.45, 2.75) is 19.6 Å². The van der Waals surface area contributed by atoms with Gasteiger partial charge in [0.25, 0.3) is 0 Å². The van der Waals surface area contributed by atoms with Crippen molar-refractivity contribution in [3.63, 3.8) is 0 Å². The average Bonchev–Trinajstić information content (AvgIpc) is 2.81. The van der Waals surface area contributed by atoms with Crippen LogP contribution in [0.1, 0.15) is 12.6 Å². The molecule has 1 aliphatic rings. The Hall–Kier alpha value is -1.01. The van der Waals surface area contributed by atoms with Crippen LogP contribution in [-0.4, -0.2) is 40.2 Å². The molecule has 0 amide bonds. The molecular weight excluding hydrogens is 299 g/mol. The van der Waals surface area contributed by atoms with E-state index in [0.29, 0.717) is 11.7 Å². The Labute approximate surface area is 130 Å². The van der Waals surface area contributed by atoms with Gasteiger partial charge in [-0.25, -0.2) is 4.98 Å². The SMILES string of the molecule is CC1CN(c2cccc3nc(CO)cn23)CCN1.Cl.Cl. The van der Waals surface area contributed by atoms with Crippen molar-refractivity contribution >= 4 is 36.3 Å². The van der Waals surface area contributed by atoms with Crippen molar-refractivity contribution in [2.75, 3.05) is 24.5 Å². The highest BCUT2D eigenvalue weighted by Gasteiger charge is 2.18. The van der Waals surface area contributed by atoms with E-state index in [1.807, 2.05) is 18.3 Å². The van der Waals surface area contributed by atoms with Gasteiger partial charge in [-0.15, -0.1) is 24.8 Å². The third kappa shape index (κ3) is 3.17. The van der Waals surface area contributed by atoms with Crippen LogP contribution < -0.4 is 10.2 Å². The fourth-order valence-corrected chi connectivity index (χ4v) is 2.52. The molecule has 1 fully saturated rings. The van der Waals surface area contributed by atoms with Crippen LogP contribution in [0.5, 0.6) is 0 Å². The zero-order valence-electron chi connectivity index (χ0n) is 11.3. The number of nitrogens with one attached hydrogen (secondary N) is 1. The van der Waals surface area contributed by atoms with Gasteiger partial charge in [0.1, 0.15) is 11.5 Å². The highest BCUT2D eigenvalue weighted by atomic mass is 35.5. The Kier molecular flexibility index (Phi) is 6.07.